The van der Waals surface area contributed by atoms with Crippen LogP contribution in [-0.4, -0.2) is 25.0 Å². The summed E-state index contributed by atoms with van der Waals surface area (Å²) < 4.78 is 3.39. The zero-order chi connectivity index (χ0) is 11.9. The number of aromatic amines is 1. The summed E-state index contributed by atoms with van der Waals surface area (Å²) in [7, 11) is 1.55. The number of hydrogen-bond acceptors (Lipinski definition) is 3. The Hall–Kier alpha value is -1.08. The Kier molecular flexibility index (Phi) is 2.90. The minimum absolute atomic E-state index is 0.339. The number of hydrogen-bond donors (Lipinski definition) is 1. The van der Waals surface area contributed by atoms with Crippen LogP contribution in [0.25, 0.3) is 11.2 Å². The van der Waals surface area contributed by atoms with Gasteiger partial charge in [-0.1, -0.05) is 0 Å². The highest BCUT2D eigenvalue weighted by molar-refractivity contribution is 9.10. The quantitative estimate of drug-likeness (QED) is 0.646. The third-order valence-electron chi connectivity index (χ3n) is 2.27. The third kappa shape index (κ3) is 1.60. The standard InChI is InChI=1S/C8H8BrClN4O2/c1-13-5-4(6(15)12-8(13)16)14(3-2-10)7(9)11-5/h2-3H2,1H3,(H,12,15,16). The van der Waals surface area contributed by atoms with Crippen LogP contribution in [0, 0.1) is 0 Å². The SMILES string of the molecule is Cn1c(=O)[nH]c(=O)c2c1nc(Br)n2CCCl. The van der Waals surface area contributed by atoms with E-state index in [-0.39, 0.29) is 0 Å². The van der Waals surface area contributed by atoms with Crippen molar-refractivity contribution >= 4 is 38.7 Å². The van der Waals surface area contributed by atoms with E-state index in [0.29, 0.717) is 28.3 Å². The smallest absolute Gasteiger partial charge is 0.311 e. The molecule has 1 N–H and O–H groups in total. The number of alkyl halides is 1. The number of halogens is 2. The van der Waals surface area contributed by atoms with Gasteiger partial charge in [0, 0.05) is 19.5 Å². The van der Waals surface area contributed by atoms with Gasteiger partial charge in [0.25, 0.3) is 5.56 Å². The monoisotopic (exact) mass is 306 g/mol. The maximum atomic E-state index is 11.7. The third-order valence-corrected chi connectivity index (χ3v) is 3.04. The molecule has 86 valence electrons. The molecule has 2 heterocycles. The highest BCUT2D eigenvalue weighted by Crippen LogP contribution is 2.15. The molecule has 2 rings (SSSR count). The fraction of sp³-hybridized carbons (Fsp3) is 0.375. The second kappa shape index (κ2) is 4.06. The number of fused-ring (bicyclic) bond motifs is 1. The number of nitrogens with one attached hydrogen (secondary N) is 1. The topological polar surface area (TPSA) is 72.7 Å². The van der Waals surface area contributed by atoms with E-state index >= 15 is 0 Å². The van der Waals surface area contributed by atoms with Crippen LogP contribution in [0.5, 0.6) is 0 Å². The van der Waals surface area contributed by atoms with Crippen LogP contribution in [0.15, 0.2) is 14.3 Å². The van der Waals surface area contributed by atoms with E-state index in [0.717, 1.165) is 0 Å². The first-order chi connectivity index (χ1) is 7.56. The summed E-state index contributed by atoms with van der Waals surface area (Å²) in [5, 5.41) is 0. The van der Waals surface area contributed by atoms with Crippen LogP contribution >= 0.6 is 27.5 Å². The molecule has 0 atom stereocenters. The van der Waals surface area contributed by atoms with Gasteiger partial charge >= 0.3 is 5.69 Å². The maximum Gasteiger partial charge on any atom is 0.329 e. The molecule has 0 bridgehead atoms. The fourth-order valence-electron chi connectivity index (χ4n) is 1.50. The van der Waals surface area contributed by atoms with Gasteiger partial charge in [0.15, 0.2) is 15.9 Å². The van der Waals surface area contributed by atoms with E-state index in [2.05, 4.69) is 25.9 Å². The lowest BCUT2D eigenvalue weighted by atomic mass is 10.5. The van der Waals surface area contributed by atoms with E-state index < -0.39 is 11.2 Å². The average Bonchev–Trinajstić information content (AvgIpc) is 2.54. The van der Waals surface area contributed by atoms with Gasteiger partial charge in [-0.25, -0.2) is 9.78 Å². The Morgan fingerprint density at radius 2 is 2.19 bits per heavy atom. The highest BCUT2D eigenvalue weighted by Gasteiger charge is 2.14. The first kappa shape index (κ1) is 11.4. The molecule has 0 amide bonds. The molecule has 0 saturated carbocycles. The number of H-pyrrole nitrogens is 1. The van der Waals surface area contributed by atoms with Crippen molar-refractivity contribution < 1.29 is 0 Å². The molecule has 0 aliphatic heterocycles. The summed E-state index contributed by atoms with van der Waals surface area (Å²) in [6.45, 7) is 0.444. The van der Waals surface area contributed by atoms with Crippen molar-refractivity contribution in [2.24, 2.45) is 7.05 Å². The van der Waals surface area contributed by atoms with Crippen LogP contribution in [0.4, 0.5) is 0 Å². The predicted molar refractivity (Wildman–Crippen MR) is 64.0 cm³/mol. The van der Waals surface area contributed by atoms with Crippen LogP contribution in [0.3, 0.4) is 0 Å². The molecular formula is C8H8BrClN4O2. The summed E-state index contributed by atoms with van der Waals surface area (Å²) >= 11 is 8.87. The van der Waals surface area contributed by atoms with Crippen molar-refractivity contribution in [2.75, 3.05) is 5.88 Å². The number of imidazole rings is 1. The van der Waals surface area contributed by atoms with Gasteiger partial charge in [-0.2, -0.15) is 0 Å². The predicted octanol–water partition coefficient (Wildman–Crippen LogP) is 0.425. The summed E-state index contributed by atoms with van der Waals surface area (Å²) in [6, 6.07) is 0. The first-order valence-corrected chi connectivity index (χ1v) is 5.80. The van der Waals surface area contributed by atoms with E-state index in [4.69, 9.17) is 11.6 Å². The maximum absolute atomic E-state index is 11.7. The van der Waals surface area contributed by atoms with Crippen LogP contribution in [-0.2, 0) is 13.6 Å². The zero-order valence-corrected chi connectivity index (χ0v) is 10.7. The molecular weight excluding hydrogens is 299 g/mol. The van der Waals surface area contributed by atoms with Gasteiger partial charge in [0.2, 0.25) is 0 Å². The van der Waals surface area contributed by atoms with E-state index in [1.54, 1.807) is 11.6 Å². The number of nitrogens with zero attached hydrogens (tertiary/aromatic N) is 3. The molecule has 0 radical (unpaired) electrons. The van der Waals surface area contributed by atoms with Crippen LogP contribution in [0.1, 0.15) is 0 Å². The molecule has 0 aliphatic rings. The molecule has 0 fully saturated rings. The Morgan fingerprint density at radius 3 is 2.81 bits per heavy atom. The first-order valence-electron chi connectivity index (χ1n) is 4.47. The molecule has 0 saturated heterocycles. The number of aromatic nitrogens is 4. The van der Waals surface area contributed by atoms with Gasteiger partial charge in [-0.3, -0.25) is 14.3 Å². The van der Waals surface area contributed by atoms with Gasteiger partial charge in [-0.05, 0) is 15.9 Å². The van der Waals surface area contributed by atoms with Gasteiger partial charge in [-0.15, -0.1) is 11.6 Å². The Morgan fingerprint density at radius 1 is 1.50 bits per heavy atom. The van der Waals surface area contributed by atoms with E-state index in [9.17, 15) is 9.59 Å². The Balaban J connectivity index is 2.95. The average molecular weight is 308 g/mol. The van der Waals surface area contributed by atoms with Crippen LogP contribution < -0.4 is 11.2 Å². The Labute approximate surface area is 103 Å². The minimum Gasteiger partial charge on any atom is -0.311 e. The lowest BCUT2D eigenvalue weighted by Gasteiger charge is -2.01. The molecule has 8 heteroatoms. The second-order valence-electron chi connectivity index (χ2n) is 3.21. The molecule has 16 heavy (non-hydrogen) atoms. The van der Waals surface area contributed by atoms with Gasteiger partial charge < -0.3 is 4.57 Å². The summed E-state index contributed by atoms with van der Waals surface area (Å²) in [5.41, 5.74) is -0.262. The van der Waals surface area contributed by atoms with Crippen LogP contribution in [0.2, 0.25) is 0 Å². The van der Waals surface area contributed by atoms with Crippen molar-refractivity contribution in [3.63, 3.8) is 0 Å². The zero-order valence-electron chi connectivity index (χ0n) is 8.33. The van der Waals surface area contributed by atoms with Crippen molar-refractivity contribution in [1.29, 1.82) is 0 Å². The lowest BCUT2D eigenvalue weighted by molar-refractivity contribution is 0.764. The minimum atomic E-state index is -0.486. The van der Waals surface area contributed by atoms with Crippen molar-refractivity contribution in [1.82, 2.24) is 19.1 Å². The summed E-state index contributed by atoms with van der Waals surface area (Å²) in [6.07, 6.45) is 0. The summed E-state index contributed by atoms with van der Waals surface area (Å²) in [4.78, 5) is 29.4. The molecule has 0 spiro atoms. The molecule has 0 aromatic carbocycles. The molecule has 2 aromatic heterocycles. The van der Waals surface area contributed by atoms with Crippen molar-refractivity contribution in [2.45, 2.75) is 6.54 Å². The molecule has 2 aromatic rings. The Bertz CT molecular complexity index is 656. The fourth-order valence-corrected chi connectivity index (χ4v) is 2.19. The van der Waals surface area contributed by atoms with Gasteiger partial charge in [0.05, 0.1) is 0 Å². The van der Waals surface area contributed by atoms with E-state index in [1.165, 1.54) is 4.57 Å². The molecule has 0 aliphatic carbocycles. The number of aryl methyl sites for hydroxylation is 2. The lowest BCUT2D eigenvalue weighted by Crippen LogP contribution is -2.29. The normalized spacial score (nSPS) is 11.2. The largest absolute Gasteiger partial charge is 0.329 e. The molecule has 6 nitrogen and oxygen atoms in total. The number of rotatable bonds is 2. The second-order valence-corrected chi connectivity index (χ2v) is 4.30. The van der Waals surface area contributed by atoms with E-state index in [1.807, 2.05) is 0 Å². The van der Waals surface area contributed by atoms with Crippen molar-refractivity contribution in [3.8, 4) is 0 Å². The van der Waals surface area contributed by atoms with Gasteiger partial charge in [0.1, 0.15) is 0 Å². The van der Waals surface area contributed by atoms with Crippen molar-refractivity contribution in [3.05, 3.63) is 25.6 Å². The molecule has 0 unspecified atom stereocenters. The summed E-state index contributed by atoms with van der Waals surface area (Å²) in [5.74, 6) is 0.354. The highest BCUT2D eigenvalue weighted by atomic mass is 79.9.